The quantitative estimate of drug-likeness (QED) is 0.608. The SMILES string of the molecule is c1ccc(C[n+]2cc3ccccc3cn2)cc1. The Morgan fingerprint density at radius 3 is 2.35 bits per heavy atom. The van der Waals surface area contributed by atoms with Gasteiger partial charge in [-0.15, -0.1) is 0 Å². The van der Waals surface area contributed by atoms with Gasteiger partial charge in [0, 0.05) is 16.3 Å². The largest absolute Gasteiger partial charge is 0.204 e. The molecule has 0 amide bonds. The Balaban J connectivity index is 1.96. The van der Waals surface area contributed by atoms with Gasteiger partial charge in [0.05, 0.1) is 0 Å². The van der Waals surface area contributed by atoms with Crippen LogP contribution in [0.15, 0.2) is 67.0 Å². The minimum absolute atomic E-state index is 0.811. The van der Waals surface area contributed by atoms with Crippen molar-refractivity contribution in [3.63, 3.8) is 0 Å². The fraction of sp³-hybridized carbons (Fsp3) is 0.0667. The van der Waals surface area contributed by atoms with E-state index in [0.29, 0.717) is 0 Å². The van der Waals surface area contributed by atoms with Crippen molar-refractivity contribution in [1.82, 2.24) is 5.10 Å². The molecule has 2 nitrogen and oxygen atoms in total. The molecule has 0 spiro atoms. The lowest BCUT2D eigenvalue weighted by atomic mass is 10.2. The molecule has 0 atom stereocenters. The molecule has 1 aromatic heterocycles. The molecule has 0 fully saturated rings. The van der Waals surface area contributed by atoms with E-state index in [2.05, 4.69) is 53.8 Å². The summed E-state index contributed by atoms with van der Waals surface area (Å²) in [7, 11) is 0. The summed E-state index contributed by atoms with van der Waals surface area (Å²) in [5.74, 6) is 0. The predicted octanol–water partition coefficient (Wildman–Crippen LogP) is 2.57. The summed E-state index contributed by atoms with van der Waals surface area (Å²) < 4.78 is 1.97. The summed E-state index contributed by atoms with van der Waals surface area (Å²) in [5.41, 5.74) is 1.26. The highest BCUT2D eigenvalue weighted by Gasteiger charge is 2.05. The fourth-order valence-corrected chi connectivity index (χ4v) is 1.93. The highest BCUT2D eigenvalue weighted by Crippen LogP contribution is 2.08. The topological polar surface area (TPSA) is 16.8 Å². The minimum atomic E-state index is 0.811. The van der Waals surface area contributed by atoms with E-state index >= 15 is 0 Å². The maximum Gasteiger partial charge on any atom is 0.204 e. The molecule has 0 aliphatic carbocycles. The van der Waals surface area contributed by atoms with Crippen LogP contribution in [0.25, 0.3) is 10.8 Å². The Morgan fingerprint density at radius 1 is 0.824 bits per heavy atom. The van der Waals surface area contributed by atoms with Crippen LogP contribution in [0.1, 0.15) is 5.56 Å². The molecule has 82 valence electrons. The molecular weight excluding hydrogens is 208 g/mol. The molecule has 0 bridgehead atoms. The first-order chi connectivity index (χ1) is 8.42. The summed E-state index contributed by atoms with van der Waals surface area (Å²) in [6.07, 6.45) is 4.00. The molecule has 0 aliphatic heterocycles. The number of nitrogens with zero attached hydrogens (tertiary/aromatic N) is 2. The molecule has 0 saturated carbocycles. The molecule has 1 heterocycles. The average molecular weight is 221 g/mol. The van der Waals surface area contributed by atoms with Crippen LogP contribution in [0.3, 0.4) is 0 Å². The Labute approximate surface area is 100 Å². The van der Waals surface area contributed by atoms with Gasteiger partial charge in [-0.25, -0.2) is 0 Å². The van der Waals surface area contributed by atoms with Crippen LogP contribution in [-0.4, -0.2) is 5.10 Å². The molecule has 3 rings (SSSR count). The molecule has 0 saturated heterocycles. The lowest BCUT2D eigenvalue weighted by molar-refractivity contribution is -0.744. The fourth-order valence-electron chi connectivity index (χ4n) is 1.93. The number of hydrogen-bond donors (Lipinski definition) is 0. The van der Waals surface area contributed by atoms with E-state index in [1.807, 2.05) is 23.0 Å². The summed E-state index contributed by atoms with van der Waals surface area (Å²) in [6.45, 7) is 0.811. The van der Waals surface area contributed by atoms with Gasteiger partial charge in [-0.2, -0.15) is 0 Å². The number of benzene rings is 2. The maximum absolute atomic E-state index is 4.42. The van der Waals surface area contributed by atoms with Crippen molar-refractivity contribution in [2.75, 3.05) is 0 Å². The summed E-state index contributed by atoms with van der Waals surface area (Å²) >= 11 is 0. The Kier molecular flexibility index (Phi) is 2.54. The highest BCUT2D eigenvalue weighted by atomic mass is 15.2. The average Bonchev–Trinajstić information content (AvgIpc) is 2.40. The van der Waals surface area contributed by atoms with E-state index in [4.69, 9.17) is 0 Å². The van der Waals surface area contributed by atoms with Crippen LogP contribution in [0, 0.1) is 0 Å². The van der Waals surface area contributed by atoms with E-state index < -0.39 is 0 Å². The molecule has 2 heteroatoms. The van der Waals surface area contributed by atoms with E-state index in [1.54, 1.807) is 0 Å². The van der Waals surface area contributed by atoms with Crippen molar-refractivity contribution < 1.29 is 4.68 Å². The second kappa shape index (κ2) is 4.34. The van der Waals surface area contributed by atoms with Gasteiger partial charge < -0.3 is 0 Å². The van der Waals surface area contributed by atoms with Crippen LogP contribution < -0.4 is 4.68 Å². The zero-order valence-electron chi connectivity index (χ0n) is 9.45. The van der Waals surface area contributed by atoms with E-state index in [-0.39, 0.29) is 0 Å². The first-order valence-electron chi connectivity index (χ1n) is 5.70. The molecule has 0 radical (unpaired) electrons. The maximum atomic E-state index is 4.42. The van der Waals surface area contributed by atoms with Gasteiger partial charge in [0.2, 0.25) is 6.20 Å². The number of hydrogen-bond acceptors (Lipinski definition) is 1. The predicted molar refractivity (Wildman–Crippen MR) is 67.5 cm³/mol. The monoisotopic (exact) mass is 221 g/mol. The smallest absolute Gasteiger partial charge is 0.0862 e. The number of fused-ring (bicyclic) bond motifs is 1. The van der Waals surface area contributed by atoms with Gasteiger partial charge in [0.15, 0.2) is 6.54 Å². The lowest BCUT2D eigenvalue weighted by Crippen LogP contribution is -2.37. The van der Waals surface area contributed by atoms with Crippen molar-refractivity contribution in [2.45, 2.75) is 6.54 Å². The minimum Gasteiger partial charge on any atom is -0.0862 e. The standard InChI is InChI=1S/C15H13N2/c1-2-6-13(7-3-1)11-17-12-15-9-5-4-8-14(15)10-16-17/h1-10,12H,11H2/q+1. The van der Waals surface area contributed by atoms with Gasteiger partial charge in [0.25, 0.3) is 0 Å². The van der Waals surface area contributed by atoms with E-state index in [1.165, 1.54) is 16.3 Å². The summed E-state index contributed by atoms with van der Waals surface area (Å²) in [6, 6.07) is 18.6. The van der Waals surface area contributed by atoms with Gasteiger partial charge in [-0.05, 0) is 11.2 Å². The molecule has 2 aromatic carbocycles. The van der Waals surface area contributed by atoms with Crippen molar-refractivity contribution >= 4 is 10.8 Å². The molecule has 3 aromatic rings. The Morgan fingerprint density at radius 2 is 1.53 bits per heavy atom. The molecule has 0 N–H and O–H groups in total. The van der Waals surface area contributed by atoms with Gasteiger partial charge in [-0.1, -0.05) is 53.2 Å². The second-order valence-electron chi connectivity index (χ2n) is 4.09. The molecule has 17 heavy (non-hydrogen) atoms. The Hall–Kier alpha value is -2.22. The summed E-state index contributed by atoms with van der Waals surface area (Å²) in [5, 5.41) is 6.82. The van der Waals surface area contributed by atoms with Crippen LogP contribution in [0.5, 0.6) is 0 Å². The van der Waals surface area contributed by atoms with Crippen LogP contribution in [0.4, 0.5) is 0 Å². The Bertz CT molecular complexity index is 633. The first-order valence-corrected chi connectivity index (χ1v) is 5.70. The van der Waals surface area contributed by atoms with E-state index in [9.17, 15) is 0 Å². The van der Waals surface area contributed by atoms with Crippen molar-refractivity contribution in [2.24, 2.45) is 0 Å². The lowest BCUT2D eigenvalue weighted by Gasteiger charge is -1.97. The third-order valence-electron chi connectivity index (χ3n) is 2.82. The van der Waals surface area contributed by atoms with E-state index in [0.717, 1.165) is 6.54 Å². The van der Waals surface area contributed by atoms with Gasteiger partial charge in [0.1, 0.15) is 6.20 Å². The zero-order valence-corrected chi connectivity index (χ0v) is 9.45. The van der Waals surface area contributed by atoms with Gasteiger partial charge in [-0.3, -0.25) is 0 Å². The normalized spacial score (nSPS) is 10.6. The number of aromatic nitrogens is 2. The van der Waals surface area contributed by atoms with Crippen LogP contribution in [0.2, 0.25) is 0 Å². The van der Waals surface area contributed by atoms with Crippen LogP contribution in [-0.2, 0) is 6.54 Å². The first kappa shape index (κ1) is 9.97. The third-order valence-corrected chi connectivity index (χ3v) is 2.82. The van der Waals surface area contributed by atoms with Crippen molar-refractivity contribution in [1.29, 1.82) is 0 Å². The summed E-state index contributed by atoms with van der Waals surface area (Å²) in [4.78, 5) is 0. The number of rotatable bonds is 2. The zero-order chi connectivity index (χ0) is 11.5. The van der Waals surface area contributed by atoms with Crippen molar-refractivity contribution in [3.8, 4) is 0 Å². The van der Waals surface area contributed by atoms with Crippen molar-refractivity contribution in [3.05, 3.63) is 72.6 Å². The third kappa shape index (κ3) is 2.16. The molecule has 0 aliphatic rings. The highest BCUT2D eigenvalue weighted by molar-refractivity contribution is 5.79. The van der Waals surface area contributed by atoms with Crippen LogP contribution >= 0.6 is 0 Å². The van der Waals surface area contributed by atoms with Gasteiger partial charge >= 0.3 is 0 Å². The molecule has 0 unspecified atom stereocenters. The molecular formula is C15H13N2+. The second-order valence-corrected chi connectivity index (χ2v) is 4.09.